The lowest BCUT2D eigenvalue weighted by atomic mass is 10.0. The van der Waals surface area contributed by atoms with Crippen LogP contribution in [0.1, 0.15) is 17.2 Å². The van der Waals surface area contributed by atoms with E-state index in [1.807, 2.05) is 31.3 Å². The maximum atomic E-state index is 9.14. The summed E-state index contributed by atoms with van der Waals surface area (Å²) < 4.78 is 0. The number of rotatable bonds is 3. The van der Waals surface area contributed by atoms with E-state index in [9.17, 15) is 0 Å². The van der Waals surface area contributed by atoms with E-state index in [1.54, 1.807) is 0 Å². The quantitative estimate of drug-likeness (QED) is 0.772. The molecule has 4 nitrogen and oxygen atoms in total. The monoisotopic (exact) mass is 219 g/mol. The molecular weight excluding hydrogens is 202 g/mol. The van der Waals surface area contributed by atoms with Gasteiger partial charge in [-0.25, -0.2) is 0 Å². The molecule has 0 fully saturated rings. The SMILES string of the molecule is CN1CCN=C1c1ccccc1C(N)CO. The van der Waals surface area contributed by atoms with Crippen LogP contribution in [-0.4, -0.2) is 42.6 Å². The largest absolute Gasteiger partial charge is 0.394 e. The van der Waals surface area contributed by atoms with Gasteiger partial charge in [0.1, 0.15) is 5.84 Å². The number of hydrogen-bond acceptors (Lipinski definition) is 4. The molecule has 3 N–H and O–H groups in total. The Morgan fingerprint density at radius 3 is 2.88 bits per heavy atom. The van der Waals surface area contributed by atoms with Gasteiger partial charge in [0.15, 0.2) is 0 Å². The minimum atomic E-state index is -0.340. The molecule has 86 valence electrons. The van der Waals surface area contributed by atoms with Crippen molar-refractivity contribution in [2.45, 2.75) is 6.04 Å². The molecule has 4 heteroatoms. The average Bonchev–Trinajstić information content (AvgIpc) is 2.74. The van der Waals surface area contributed by atoms with Crippen molar-refractivity contribution in [3.8, 4) is 0 Å². The van der Waals surface area contributed by atoms with Crippen LogP contribution in [0.3, 0.4) is 0 Å². The van der Waals surface area contributed by atoms with Crippen LogP contribution in [0.5, 0.6) is 0 Å². The van der Waals surface area contributed by atoms with Gasteiger partial charge < -0.3 is 15.7 Å². The number of nitrogens with zero attached hydrogens (tertiary/aromatic N) is 2. The predicted molar refractivity (Wildman–Crippen MR) is 64.5 cm³/mol. The van der Waals surface area contributed by atoms with E-state index in [4.69, 9.17) is 10.8 Å². The van der Waals surface area contributed by atoms with Crippen LogP contribution < -0.4 is 5.73 Å². The van der Waals surface area contributed by atoms with Crippen LogP contribution in [0.4, 0.5) is 0 Å². The lowest BCUT2D eigenvalue weighted by Gasteiger charge is -2.19. The predicted octanol–water partition coefficient (Wildman–Crippen LogP) is 0.371. The molecule has 1 aliphatic heterocycles. The topological polar surface area (TPSA) is 61.8 Å². The van der Waals surface area contributed by atoms with E-state index in [1.165, 1.54) is 0 Å². The molecule has 0 bridgehead atoms. The summed E-state index contributed by atoms with van der Waals surface area (Å²) >= 11 is 0. The lowest BCUT2D eigenvalue weighted by Crippen LogP contribution is -2.26. The molecule has 0 spiro atoms. The van der Waals surface area contributed by atoms with Gasteiger partial charge in [0, 0.05) is 19.2 Å². The molecule has 1 heterocycles. The Morgan fingerprint density at radius 2 is 2.25 bits per heavy atom. The second-order valence-electron chi connectivity index (χ2n) is 4.00. The Hall–Kier alpha value is -1.39. The van der Waals surface area contributed by atoms with Crippen molar-refractivity contribution < 1.29 is 5.11 Å². The van der Waals surface area contributed by atoms with Crippen LogP contribution >= 0.6 is 0 Å². The van der Waals surface area contributed by atoms with Gasteiger partial charge in [0.2, 0.25) is 0 Å². The third kappa shape index (κ3) is 1.94. The summed E-state index contributed by atoms with van der Waals surface area (Å²) in [6, 6.07) is 7.52. The molecule has 2 rings (SSSR count). The Bertz CT molecular complexity index is 403. The van der Waals surface area contributed by atoms with Crippen molar-refractivity contribution >= 4 is 5.84 Å². The molecule has 0 radical (unpaired) electrons. The van der Waals surface area contributed by atoms with Gasteiger partial charge in [-0.15, -0.1) is 0 Å². The second kappa shape index (κ2) is 4.63. The van der Waals surface area contributed by atoms with Crippen molar-refractivity contribution in [2.75, 3.05) is 26.7 Å². The summed E-state index contributed by atoms with van der Waals surface area (Å²) in [4.78, 5) is 6.58. The number of likely N-dealkylation sites (N-methyl/N-ethyl adjacent to an activating group) is 1. The van der Waals surface area contributed by atoms with Gasteiger partial charge in [0.05, 0.1) is 19.2 Å². The van der Waals surface area contributed by atoms with Crippen molar-refractivity contribution in [3.63, 3.8) is 0 Å². The summed E-state index contributed by atoms with van der Waals surface area (Å²) in [5, 5.41) is 9.14. The van der Waals surface area contributed by atoms with Crippen LogP contribution in [0.25, 0.3) is 0 Å². The van der Waals surface area contributed by atoms with E-state index in [2.05, 4.69) is 9.89 Å². The molecule has 0 aromatic heterocycles. The highest BCUT2D eigenvalue weighted by molar-refractivity contribution is 6.01. The fourth-order valence-electron chi connectivity index (χ4n) is 1.95. The van der Waals surface area contributed by atoms with Gasteiger partial charge in [-0.2, -0.15) is 0 Å². The zero-order valence-electron chi connectivity index (χ0n) is 9.43. The standard InChI is InChI=1S/C12H17N3O/c1-15-7-6-14-12(15)10-5-3-2-4-9(10)11(13)8-16/h2-5,11,16H,6-8,13H2,1H3. The van der Waals surface area contributed by atoms with E-state index in [-0.39, 0.29) is 12.6 Å². The summed E-state index contributed by atoms with van der Waals surface area (Å²) in [6.07, 6.45) is 0. The third-order valence-electron chi connectivity index (χ3n) is 2.86. The minimum Gasteiger partial charge on any atom is -0.394 e. The first-order valence-electron chi connectivity index (χ1n) is 5.45. The summed E-state index contributed by atoms with van der Waals surface area (Å²) in [7, 11) is 2.02. The Kier molecular flexibility index (Phi) is 3.22. The summed E-state index contributed by atoms with van der Waals surface area (Å²) in [5.41, 5.74) is 7.87. The highest BCUT2D eigenvalue weighted by Crippen LogP contribution is 2.19. The second-order valence-corrected chi connectivity index (χ2v) is 4.00. The zero-order chi connectivity index (χ0) is 11.5. The highest BCUT2D eigenvalue weighted by atomic mass is 16.3. The molecule has 0 saturated carbocycles. The molecule has 0 saturated heterocycles. The van der Waals surface area contributed by atoms with Crippen LogP contribution in [0, 0.1) is 0 Å². The maximum Gasteiger partial charge on any atom is 0.131 e. The van der Waals surface area contributed by atoms with E-state index < -0.39 is 0 Å². The molecule has 0 amide bonds. The van der Waals surface area contributed by atoms with Crippen molar-refractivity contribution in [1.29, 1.82) is 0 Å². The van der Waals surface area contributed by atoms with Crippen molar-refractivity contribution in [1.82, 2.24) is 4.90 Å². The van der Waals surface area contributed by atoms with Gasteiger partial charge in [-0.05, 0) is 5.56 Å². The van der Waals surface area contributed by atoms with Crippen molar-refractivity contribution in [3.05, 3.63) is 35.4 Å². The first-order chi connectivity index (χ1) is 7.74. The Labute approximate surface area is 95.4 Å². The van der Waals surface area contributed by atoms with E-state index in [0.717, 1.165) is 30.1 Å². The van der Waals surface area contributed by atoms with E-state index >= 15 is 0 Å². The number of amidine groups is 1. The zero-order valence-corrected chi connectivity index (χ0v) is 9.43. The number of hydrogen-bond donors (Lipinski definition) is 2. The molecular formula is C12H17N3O. The Morgan fingerprint density at radius 1 is 1.50 bits per heavy atom. The van der Waals surface area contributed by atoms with Crippen LogP contribution in [0.15, 0.2) is 29.3 Å². The molecule has 1 atom stereocenters. The number of nitrogens with two attached hydrogens (primary N) is 1. The van der Waals surface area contributed by atoms with Gasteiger partial charge >= 0.3 is 0 Å². The first-order valence-corrected chi connectivity index (χ1v) is 5.45. The molecule has 1 unspecified atom stereocenters. The maximum absolute atomic E-state index is 9.14. The molecule has 1 aliphatic rings. The van der Waals surface area contributed by atoms with E-state index in [0.29, 0.717) is 0 Å². The molecule has 1 aromatic carbocycles. The fourth-order valence-corrected chi connectivity index (χ4v) is 1.95. The highest BCUT2D eigenvalue weighted by Gasteiger charge is 2.19. The fraction of sp³-hybridized carbons (Fsp3) is 0.417. The first kappa shape index (κ1) is 11.1. The normalized spacial score (nSPS) is 17.4. The van der Waals surface area contributed by atoms with Crippen molar-refractivity contribution in [2.24, 2.45) is 10.7 Å². The average molecular weight is 219 g/mol. The van der Waals surface area contributed by atoms with Gasteiger partial charge in [-0.3, -0.25) is 4.99 Å². The Balaban J connectivity index is 2.40. The third-order valence-corrected chi connectivity index (χ3v) is 2.86. The number of aliphatic hydroxyl groups is 1. The molecule has 0 aliphatic carbocycles. The van der Waals surface area contributed by atoms with Gasteiger partial charge in [0.25, 0.3) is 0 Å². The molecule has 16 heavy (non-hydrogen) atoms. The smallest absolute Gasteiger partial charge is 0.131 e. The molecule has 1 aromatic rings. The van der Waals surface area contributed by atoms with Crippen LogP contribution in [-0.2, 0) is 0 Å². The number of benzene rings is 1. The summed E-state index contributed by atoms with van der Waals surface area (Å²) in [6.45, 7) is 1.72. The minimum absolute atomic E-state index is 0.0476. The van der Waals surface area contributed by atoms with Gasteiger partial charge in [-0.1, -0.05) is 24.3 Å². The summed E-state index contributed by atoms with van der Waals surface area (Å²) in [5.74, 6) is 0.972. The van der Waals surface area contributed by atoms with Crippen LogP contribution in [0.2, 0.25) is 0 Å². The number of aliphatic imine (C=N–C) groups is 1. The lowest BCUT2D eigenvalue weighted by molar-refractivity contribution is 0.268. The number of aliphatic hydroxyl groups excluding tert-OH is 1.